The van der Waals surface area contributed by atoms with Crippen molar-refractivity contribution >= 4 is 11.6 Å². The Balaban J connectivity index is 1.15. The van der Waals surface area contributed by atoms with Gasteiger partial charge in [-0.1, -0.05) is 6.07 Å². The summed E-state index contributed by atoms with van der Waals surface area (Å²) in [6, 6.07) is 16.5. The molecule has 8 heteroatoms. The van der Waals surface area contributed by atoms with Crippen molar-refractivity contribution in [3.63, 3.8) is 0 Å². The van der Waals surface area contributed by atoms with Gasteiger partial charge in [0, 0.05) is 57.4 Å². The molecule has 2 aliphatic rings. The molecule has 1 amide bonds. The lowest BCUT2D eigenvalue weighted by atomic mass is 9.99. The van der Waals surface area contributed by atoms with Crippen LogP contribution in [0.25, 0.3) is 0 Å². The highest BCUT2D eigenvalue weighted by molar-refractivity contribution is 5.91. The van der Waals surface area contributed by atoms with Gasteiger partial charge >= 0.3 is 0 Å². The Kier molecular flexibility index (Phi) is 8.48. The number of piperazine rings is 1. The number of halogens is 1. The van der Waals surface area contributed by atoms with Gasteiger partial charge in [-0.05, 0) is 73.4 Å². The first-order chi connectivity index (χ1) is 18.6. The fourth-order valence-electron chi connectivity index (χ4n) is 5.42. The normalized spacial score (nSPS) is 18.4. The number of anilines is 1. The number of hydrogen-bond donors (Lipinski definition) is 0. The first-order valence-corrected chi connectivity index (χ1v) is 13.5. The molecule has 7 nitrogen and oxygen atoms in total. The maximum Gasteiger partial charge on any atom is 0.289 e. The number of piperidine rings is 1. The second kappa shape index (κ2) is 12.3. The minimum absolute atomic E-state index is 0.0428. The highest BCUT2D eigenvalue weighted by Crippen LogP contribution is 2.30. The van der Waals surface area contributed by atoms with Crippen LogP contribution in [0.2, 0.25) is 0 Å². The first-order valence-electron chi connectivity index (χ1n) is 13.5. The Morgan fingerprint density at radius 3 is 2.55 bits per heavy atom. The summed E-state index contributed by atoms with van der Waals surface area (Å²) in [5, 5.41) is 0. The average molecular weight is 522 g/mol. The van der Waals surface area contributed by atoms with Crippen molar-refractivity contribution in [2.24, 2.45) is 0 Å². The molecule has 2 saturated heterocycles. The van der Waals surface area contributed by atoms with Gasteiger partial charge in [-0.15, -0.1) is 0 Å². The van der Waals surface area contributed by atoms with Gasteiger partial charge in [0.25, 0.3) is 5.91 Å². The summed E-state index contributed by atoms with van der Waals surface area (Å²) in [6.45, 7) is 5.74. The lowest BCUT2D eigenvalue weighted by molar-refractivity contribution is 0.0548. The fourth-order valence-corrected chi connectivity index (χ4v) is 5.42. The highest BCUT2D eigenvalue weighted by atomic mass is 19.1. The summed E-state index contributed by atoms with van der Waals surface area (Å²) in [5.74, 6) is 1.59. The van der Waals surface area contributed by atoms with Crippen LogP contribution in [-0.4, -0.2) is 68.2 Å². The number of nitrogens with zero attached hydrogens (tertiary/aromatic N) is 3. The van der Waals surface area contributed by atoms with E-state index in [0.717, 1.165) is 76.4 Å². The molecule has 0 saturated carbocycles. The highest BCUT2D eigenvalue weighted by Gasteiger charge is 2.29. The van der Waals surface area contributed by atoms with E-state index in [9.17, 15) is 9.18 Å². The third-order valence-corrected chi connectivity index (χ3v) is 7.53. The summed E-state index contributed by atoms with van der Waals surface area (Å²) in [4.78, 5) is 19.6. The SMILES string of the molecule is COc1ccc(CN2CCN(c3ccc(F)cc3)CC2)cc1OCC[C@H]1CCCCN1C(=O)c1ccco1. The summed E-state index contributed by atoms with van der Waals surface area (Å²) < 4.78 is 30.4. The molecule has 1 atom stereocenters. The maximum absolute atomic E-state index is 13.3. The van der Waals surface area contributed by atoms with Crippen molar-refractivity contribution in [3.05, 3.63) is 78.0 Å². The van der Waals surface area contributed by atoms with E-state index in [1.165, 1.54) is 17.7 Å². The van der Waals surface area contributed by atoms with Crippen LogP contribution in [-0.2, 0) is 6.54 Å². The van der Waals surface area contributed by atoms with Crippen molar-refractivity contribution in [3.8, 4) is 11.5 Å². The first kappa shape index (κ1) is 26.1. The van der Waals surface area contributed by atoms with Crippen molar-refractivity contribution in [1.82, 2.24) is 9.80 Å². The third-order valence-electron chi connectivity index (χ3n) is 7.53. The number of hydrogen-bond acceptors (Lipinski definition) is 6. The molecule has 0 N–H and O–H groups in total. The van der Waals surface area contributed by atoms with Gasteiger partial charge in [-0.2, -0.15) is 0 Å². The molecule has 2 fully saturated rings. The number of benzene rings is 2. The lowest BCUT2D eigenvalue weighted by Crippen LogP contribution is -2.45. The van der Waals surface area contributed by atoms with Gasteiger partial charge in [0.2, 0.25) is 0 Å². The van der Waals surface area contributed by atoms with Gasteiger partial charge < -0.3 is 23.7 Å². The van der Waals surface area contributed by atoms with Crippen LogP contribution in [0.15, 0.2) is 65.3 Å². The Labute approximate surface area is 223 Å². The van der Waals surface area contributed by atoms with E-state index in [1.54, 1.807) is 25.5 Å². The zero-order valence-electron chi connectivity index (χ0n) is 22.0. The zero-order chi connectivity index (χ0) is 26.3. The molecule has 0 bridgehead atoms. The molecule has 2 aliphatic heterocycles. The third kappa shape index (κ3) is 6.30. The molecule has 5 rings (SSSR count). The average Bonchev–Trinajstić information content (AvgIpc) is 3.49. The van der Waals surface area contributed by atoms with Gasteiger partial charge in [0.05, 0.1) is 20.0 Å². The molecule has 0 unspecified atom stereocenters. The number of methoxy groups -OCH3 is 1. The van der Waals surface area contributed by atoms with Gasteiger partial charge in [0.1, 0.15) is 5.82 Å². The monoisotopic (exact) mass is 521 g/mol. The zero-order valence-corrected chi connectivity index (χ0v) is 22.0. The fraction of sp³-hybridized carbons (Fsp3) is 0.433. The van der Waals surface area contributed by atoms with E-state index in [0.29, 0.717) is 18.1 Å². The van der Waals surface area contributed by atoms with E-state index in [1.807, 2.05) is 23.1 Å². The molecule has 3 aromatic rings. The Morgan fingerprint density at radius 1 is 1.00 bits per heavy atom. The summed E-state index contributed by atoms with van der Waals surface area (Å²) in [7, 11) is 1.65. The summed E-state index contributed by atoms with van der Waals surface area (Å²) >= 11 is 0. The number of furan rings is 1. The minimum Gasteiger partial charge on any atom is -0.493 e. The predicted molar refractivity (Wildman–Crippen MR) is 144 cm³/mol. The number of rotatable bonds is 9. The Morgan fingerprint density at radius 2 is 1.82 bits per heavy atom. The van der Waals surface area contributed by atoms with Crippen LogP contribution >= 0.6 is 0 Å². The molecule has 0 radical (unpaired) electrons. The van der Waals surface area contributed by atoms with Crippen LogP contribution in [0.3, 0.4) is 0 Å². The van der Waals surface area contributed by atoms with Gasteiger partial charge in [-0.3, -0.25) is 9.69 Å². The summed E-state index contributed by atoms with van der Waals surface area (Å²) in [5.41, 5.74) is 2.23. The Hall–Kier alpha value is -3.52. The smallest absolute Gasteiger partial charge is 0.289 e. The number of carbonyl (C=O) groups excluding carboxylic acids is 1. The van der Waals surface area contributed by atoms with Crippen LogP contribution < -0.4 is 14.4 Å². The molecule has 38 heavy (non-hydrogen) atoms. The summed E-state index contributed by atoms with van der Waals surface area (Å²) in [6.07, 6.45) is 5.39. The van der Waals surface area contributed by atoms with E-state index >= 15 is 0 Å². The molecule has 0 spiro atoms. The van der Waals surface area contributed by atoms with Gasteiger partial charge in [-0.25, -0.2) is 4.39 Å². The van der Waals surface area contributed by atoms with Crippen LogP contribution in [0.1, 0.15) is 41.8 Å². The van der Waals surface area contributed by atoms with E-state index in [-0.39, 0.29) is 17.8 Å². The largest absolute Gasteiger partial charge is 0.493 e. The topological polar surface area (TPSA) is 58.4 Å². The van der Waals surface area contributed by atoms with Gasteiger partial charge in [0.15, 0.2) is 17.3 Å². The van der Waals surface area contributed by atoms with Crippen molar-refractivity contribution in [1.29, 1.82) is 0 Å². The second-order valence-electron chi connectivity index (χ2n) is 9.99. The van der Waals surface area contributed by atoms with Crippen molar-refractivity contribution in [2.75, 3.05) is 51.3 Å². The molecule has 202 valence electrons. The second-order valence-corrected chi connectivity index (χ2v) is 9.99. The maximum atomic E-state index is 13.3. The van der Waals surface area contributed by atoms with E-state index in [2.05, 4.69) is 21.9 Å². The number of ether oxygens (including phenoxy) is 2. The Bertz CT molecular complexity index is 1180. The molecule has 1 aromatic heterocycles. The van der Waals surface area contributed by atoms with Crippen LogP contribution in [0, 0.1) is 5.82 Å². The van der Waals surface area contributed by atoms with Crippen LogP contribution in [0.4, 0.5) is 10.1 Å². The lowest BCUT2D eigenvalue weighted by Gasteiger charge is -2.36. The quantitative estimate of drug-likeness (QED) is 0.385. The van der Waals surface area contributed by atoms with E-state index < -0.39 is 0 Å². The molecule has 0 aliphatic carbocycles. The molecule has 3 heterocycles. The molecular weight excluding hydrogens is 485 g/mol. The van der Waals surface area contributed by atoms with Crippen molar-refractivity contribution < 1.29 is 23.1 Å². The number of amides is 1. The van der Waals surface area contributed by atoms with Crippen molar-refractivity contribution in [2.45, 2.75) is 38.3 Å². The van der Waals surface area contributed by atoms with Crippen LogP contribution in [0.5, 0.6) is 11.5 Å². The molecular formula is C30H36FN3O4. The van der Waals surface area contributed by atoms with E-state index in [4.69, 9.17) is 13.9 Å². The minimum atomic E-state index is -0.205. The standard InChI is InChI=1S/C30H36FN3O4/c1-36-27-12-7-23(22-32-15-17-33(18-16-32)25-10-8-24(31)9-11-25)21-29(27)38-20-13-26-5-2-3-14-34(26)30(35)28-6-4-19-37-28/h4,6-12,19,21,26H,2-3,5,13-18,20,22H2,1H3/t26-/m1/s1. The predicted octanol–water partition coefficient (Wildman–Crippen LogP) is 5.21. The number of likely N-dealkylation sites (tertiary alicyclic amines) is 1. The number of carbonyl (C=O) groups is 1. The molecule has 2 aromatic carbocycles.